The molecule has 4 aromatic rings. The summed E-state index contributed by atoms with van der Waals surface area (Å²) < 4.78 is 2.17. The first-order chi connectivity index (χ1) is 11.4. The molecule has 0 saturated carbocycles. The Morgan fingerprint density at radius 1 is 0.609 bits per heavy atom. The first kappa shape index (κ1) is 13.5. The van der Waals surface area contributed by atoms with Gasteiger partial charge in [-0.1, -0.05) is 66.7 Å². The van der Waals surface area contributed by atoms with Crippen LogP contribution in [0.5, 0.6) is 0 Å². The van der Waals surface area contributed by atoms with Gasteiger partial charge in [0.1, 0.15) is 5.69 Å². The zero-order valence-electron chi connectivity index (χ0n) is 12.7. The van der Waals surface area contributed by atoms with Crippen molar-refractivity contribution in [1.82, 2.24) is 4.98 Å². The highest BCUT2D eigenvalue weighted by Gasteiger charge is 2.22. The van der Waals surface area contributed by atoms with Crippen LogP contribution >= 0.6 is 0 Å². The second-order valence-corrected chi connectivity index (χ2v) is 5.44. The van der Waals surface area contributed by atoms with Gasteiger partial charge < -0.3 is 4.98 Å². The van der Waals surface area contributed by atoms with Crippen molar-refractivity contribution >= 4 is 0 Å². The number of nitrogens with one attached hydrogen (secondary N) is 1. The number of hydrogen-bond donors (Lipinski definition) is 1. The van der Waals surface area contributed by atoms with Crippen LogP contribution in [0.2, 0.25) is 0 Å². The normalized spacial score (nSPS) is 10.6. The van der Waals surface area contributed by atoms with Crippen LogP contribution in [0.1, 0.15) is 0 Å². The summed E-state index contributed by atoms with van der Waals surface area (Å²) in [4.78, 5) is 3.47. The molecule has 0 aliphatic heterocycles. The van der Waals surface area contributed by atoms with E-state index in [-0.39, 0.29) is 0 Å². The van der Waals surface area contributed by atoms with Crippen molar-refractivity contribution in [3.8, 4) is 28.1 Å². The average molecular weight is 297 g/mol. The smallest absolute Gasteiger partial charge is 0.244 e. The summed E-state index contributed by atoms with van der Waals surface area (Å²) in [6.07, 6.45) is 6.26. The summed E-state index contributed by atoms with van der Waals surface area (Å²) in [7, 11) is 0. The van der Waals surface area contributed by atoms with E-state index in [4.69, 9.17) is 0 Å². The monoisotopic (exact) mass is 297 g/mol. The van der Waals surface area contributed by atoms with E-state index in [1.807, 2.05) is 18.2 Å². The van der Waals surface area contributed by atoms with Crippen molar-refractivity contribution in [2.45, 2.75) is 0 Å². The molecule has 2 aromatic carbocycles. The number of rotatable bonds is 3. The number of aromatic nitrogens is 2. The predicted molar refractivity (Wildman–Crippen MR) is 93.2 cm³/mol. The maximum absolute atomic E-state index is 3.47. The minimum atomic E-state index is 1.13. The molecular weight excluding hydrogens is 280 g/mol. The molecular formula is C21H17N2+. The molecule has 0 saturated heterocycles. The van der Waals surface area contributed by atoms with Crippen molar-refractivity contribution in [3.05, 3.63) is 97.5 Å². The lowest BCUT2D eigenvalue weighted by Crippen LogP contribution is -2.30. The highest BCUT2D eigenvalue weighted by Crippen LogP contribution is 2.32. The number of aromatic amines is 1. The SMILES string of the molecule is c1ccc(-c2c[nH]c(-c3ccccc3)c2-[n+]2ccccc2)cc1. The second kappa shape index (κ2) is 5.93. The first-order valence-electron chi connectivity index (χ1n) is 7.72. The molecule has 2 heterocycles. The molecule has 0 bridgehead atoms. The molecule has 2 nitrogen and oxygen atoms in total. The Balaban J connectivity index is 1.97. The Labute approximate surface area is 135 Å². The summed E-state index contributed by atoms with van der Waals surface area (Å²) in [5.74, 6) is 0. The molecule has 1 N–H and O–H groups in total. The average Bonchev–Trinajstić information content (AvgIpc) is 3.09. The highest BCUT2D eigenvalue weighted by atomic mass is 15.0. The summed E-state index contributed by atoms with van der Waals surface area (Å²) >= 11 is 0. The first-order valence-corrected chi connectivity index (χ1v) is 7.72. The van der Waals surface area contributed by atoms with Gasteiger partial charge in [0, 0.05) is 23.9 Å². The van der Waals surface area contributed by atoms with Crippen molar-refractivity contribution in [3.63, 3.8) is 0 Å². The Bertz CT molecular complexity index is 838. The van der Waals surface area contributed by atoms with Gasteiger partial charge in [0.05, 0.1) is 5.56 Å². The number of hydrogen-bond acceptors (Lipinski definition) is 0. The molecule has 0 unspecified atom stereocenters. The zero-order chi connectivity index (χ0) is 15.5. The van der Waals surface area contributed by atoms with E-state index in [2.05, 4.69) is 88.8 Å². The quantitative estimate of drug-likeness (QED) is 0.532. The Morgan fingerprint density at radius 2 is 1.17 bits per heavy atom. The second-order valence-electron chi connectivity index (χ2n) is 5.44. The standard InChI is InChI=1S/C21H17N2/c1-4-10-17(11-5-1)19-16-22-20(18-12-6-2-7-13-18)21(19)23-14-8-3-9-15-23/h1-16,22H/q+1. The number of nitrogens with zero attached hydrogens (tertiary/aromatic N) is 1. The van der Waals surface area contributed by atoms with Gasteiger partial charge in [0.25, 0.3) is 0 Å². The molecule has 0 fully saturated rings. The van der Waals surface area contributed by atoms with Crippen molar-refractivity contribution in [1.29, 1.82) is 0 Å². The van der Waals surface area contributed by atoms with Crippen LogP contribution < -0.4 is 4.57 Å². The highest BCUT2D eigenvalue weighted by molar-refractivity contribution is 5.81. The minimum absolute atomic E-state index is 1.13. The molecule has 2 aromatic heterocycles. The van der Waals surface area contributed by atoms with E-state index in [0.29, 0.717) is 0 Å². The molecule has 4 rings (SSSR count). The lowest BCUT2D eigenvalue weighted by molar-refractivity contribution is -0.594. The van der Waals surface area contributed by atoms with Gasteiger partial charge in [-0.3, -0.25) is 0 Å². The third kappa shape index (κ3) is 2.55. The van der Waals surface area contributed by atoms with E-state index in [0.717, 1.165) is 5.69 Å². The zero-order valence-corrected chi connectivity index (χ0v) is 12.7. The molecule has 0 amide bonds. The molecule has 0 atom stereocenters. The van der Waals surface area contributed by atoms with Crippen LogP contribution in [0.3, 0.4) is 0 Å². The van der Waals surface area contributed by atoms with Gasteiger partial charge in [0.2, 0.25) is 5.69 Å². The molecule has 0 aliphatic carbocycles. The van der Waals surface area contributed by atoms with E-state index >= 15 is 0 Å². The summed E-state index contributed by atoms with van der Waals surface area (Å²) in [5, 5.41) is 0. The predicted octanol–water partition coefficient (Wildman–Crippen LogP) is 4.63. The fourth-order valence-corrected chi connectivity index (χ4v) is 2.89. The molecule has 0 radical (unpaired) electrons. The van der Waals surface area contributed by atoms with Crippen LogP contribution in [0.25, 0.3) is 28.1 Å². The Morgan fingerprint density at radius 3 is 1.83 bits per heavy atom. The van der Waals surface area contributed by atoms with Gasteiger partial charge in [0.15, 0.2) is 12.4 Å². The topological polar surface area (TPSA) is 19.7 Å². The van der Waals surface area contributed by atoms with Crippen molar-refractivity contribution in [2.24, 2.45) is 0 Å². The lowest BCUT2D eigenvalue weighted by atomic mass is 10.0. The maximum atomic E-state index is 3.47. The van der Waals surface area contributed by atoms with Crippen LogP contribution in [0.15, 0.2) is 97.5 Å². The Hall–Kier alpha value is -3.13. The van der Waals surface area contributed by atoms with E-state index in [1.165, 1.54) is 22.4 Å². The van der Waals surface area contributed by atoms with Crippen LogP contribution in [-0.4, -0.2) is 4.98 Å². The van der Waals surface area contributed by atoms with Gasteiger partial charge in [-0.05, 0) is 5.56 Å². The molecule has 0 spiro atoms. The summed E-state index contributed by atoms with van der Waals surface area (Å²) in [6.45, 7) is 0. The van der Waals surface area contributed by atoms with E-state index in [1.54, 1.807) is 0 Å². The molecule has 2 heteroatoms. The largest absolute Gasteiger partial charge is 0.355 e. The fraction of sp³-hybridized carbons (Fsp3) is 0. The van der Waals surface area contributed by atoms with Gasteiger partial charge in [-0.2, -0.15) is 4.57 Å². The van der Waals surface area contributed by atoms with Crippen molar-refractivity contribution < 1.29 is 4.57 Å². The minimum Gasteiger partial charge on any atom is -0.355 e. The summed E-state index contributed by atoms with van der Waals surface area (Å²) in [5.41, 5.74) is 5.88. The van der Waals surface area contributed by atoms with E-state index < -0.39 is 0 Å². The third-order valence-electron chi connectivity index (χ3n) is 3.97. The van der Waals surface area contributed by atoms with Crippen LogP contribution in [0, 0.1) is 0 Å². The van der Waals surface area contributed by atoms with Gasteiger partial charge in [-0.15, -0.1) is 0 Å². The summed E-state index contributed by atoms with van der Waals surface area (Å²) in [6, 6.07) is 27.1. The molecule has 0 aliphatic rings. The third-order valence-corrected chi connectivity index (χ3v) is 3.97. The number of benzene rings is 2. The molecule has 23 heavy (non-hydrogen) atoms. The number of pyridine rings is 1. The van der Waals surface area contributed by atoms with Crippen LogP contribution in [0.4, 0.5) is 0 Å². The van der Waals surface area contributed by atoms with Gasteiger partial charge in [-0.25, -0.2) is 0 Å². The van der Waals surface area contributed by atoms with Gasteiger partial charge >= 0.3 is 0 Å². The fourth-order valence-electron chi connectivity index (χ4n) is 2.89. The Kier molecular flexibility index (Phi) is 3.49. The maximum Gasteiger partial charge on any atom is 0.244 e. The van der Waals surface area contributed by atoms with Crippen LogP contribution in [-0.2, 0) is 0 Å². The lowest BCUT2D eigenvalue weighted by Gasteiger charge is -2.03. The van der Waals surface area contributed by atoms with E-state index in [9.17, 15) is 0 Å². The molecule has 110 valence electrons. The number of H-pyrrole nitrogens is 1. The van der Waals surface area contributed by atoms with Crippen molar-refractivity contribution in [2.75, 3.05) is 0 Å².